The molecule has 2 heterocycles. The molecule has 0 aliphatic carbocycles. The molecule has 2 aromatic heterocycles. The standard InChI is InChI=1S/C27H24FN7O/c1-16(19-6-8-22(28)9-7-19)35-27(36)23-10-18(12-29)14-34-26(23)33-13-17-2-4-20(5-3-17)21-11-24(30)25(31)32-15-21/h2-11,14-16H,13,30H2,1H3,(H2,31,32)(H,33,34)(H,35,36)/t16-/m0/s1. The molecule has 4 rings (SSSR count). The van der Waals surface area contributed by atoms with Crippen molar-refractivity contribution in [3.63, 3.8) is 0 Å². The predicted octanol–water partition coefficient (Wildman–Crippen LogP) is 4.42. The van der Waals surface area contributed by atoms with Crippen LogP contribution in [0.3, 0.4) is 0 Å². The van der Waals surface area contributed by atoms with Gasteiger partial charge in [0.2, 0.25) is 0 Å². The molecule has 0 aliphatic rings. The number of aromatic nitrogens is 2. The van der Waals surface area contributed by atoms with Crippen LogP contribution >= 0.6 is 0 Å². The van der Waals surface area contributed by atoms with Crippen molar-refractivity contribution in [2.45, 2.75) is 19.5 Å². The largest absolute Gasteiger partial charge is 0.396 e. The highest BCUT2D eigenvalue weighted by atomic mass is 19.1. The Hall–Kier alpha value is -4.97. The number of carbonyl (C=O) groups is 1. The molecule has 0 saturated heterocycles. The van der Waals surface area contributed by atoms with Crippen molar-refractivity contribution >= 4 is 23.2 Å². The van der Waals surface area contributed by atoms with Gasteiger partial charge in [-0.3, -0.25) is 4.79 Å². The maximum atomic E-state index is 13.2. The van der Waals surface area contributed by atoms with Crippen molar-refractivity contribution in [2.24, 2.45) is 0 Å². The fourth-order valence-corrected chi connectivity index (χ4v) is 3.60. The first-order valence-electron chi connectivity index (χ1n) is 11.1. The lowest BCUT2D eigenvalue weighted by Crippen LogP contribution is -2.28. The number of pyridine rings is 2. The quantitative estimate of drug-likeness (QED) is 0.306. The number of halogens is 1. The second-order valence-electron chi connectivity index (χ2n) is 8.23. The van der Waals surface area contributed by atoms with Gasteiger partial charge in [-0.15, -0.1) is 0 Å². The average Bonchev–Trinajstić information content (AvgIpc) is 2.89. The predicted molar refractivity (Wildman–Crippen MR) is 137 cm³/mol. The summed E-state index contributed by atoms with van der Waals surface area (Å²) >= 11 is 0. The fraction of sp³-hybridized carbons (Fsp3) is 0.111. The Labute approximate surface area is 207 Å². The number of carbonyl (C=O) groups excluding carboxylic acids is 1. The van der Waals surface area contributed by atoms with Gasteiger partial charge in [0.25, 0.3) is 5.91 Å². The maximum Gasteiger partial charge on any atom is 0.255 e. The molecule has 0 fully saturated rings. The first-order valence-corrected chi connectivity index (χ1v) is 11.1. The van der Waals surface area contributed by atoms with Crippen LogP contribution in [0.25, 0.3) is 11.1 Å². The Bertz CT molecular complexity index is 1430. The van der Waals surface area contributed by atoms with E-state index >= 15 is 0 Å². The number of nitrogens with two attached hydrogens (primary N) is 2. The molecule has 0 spiro atoms. The molecule has 0 unspecified atom stereocenters. The lowest BCUT2D eigenvalue weighted by molar-refractivity contribution is 0.0940. The van der Waals surface area contributed by atoms with E-state index < -0.39 is 5.91 Å². The molecule has 0 saturated carbocycles. The highest BCUT2D eigenvalue weighted by Crippen LogP contribution is 2.24. The molecule has 0 aliphatic heterocycles. The minimum absolute atomic E-state index is 0.239. The Morgan fingerprint density at radius 2 is 1.75 bits per heavy atom. The van der Waals surface area contributed by atoms with Crippen molar-refractivity contribution in [1.82, 2.24) is 15.3 Å². The zero-order chi connectivity index (χ0) is 25.7. The summed E-state index contributed by atoms with van der Waals surface area (Å²) in [6.07, 6.45) is 3.07. The molecule has 1 amide bonds. The summed E-state index contributed by atoms with van der Waals surface area (Å²) in [6, 6.07) is 18.6. The highest BCUT2D eigenvalue weighted by Gasteiger charge is 2.17. The Balaban J connectivity index is 1.48. The normalized spacial score (nSPS) is 11.4. The number of amides is 1. The van der Waals surface area contributed by atoms with Crippen LogP contribution < -0.4 is 22.1 Å². The lowest BCUT2D eigenvalue weighted by atomic mass is 10.0. The van der Waals surface area contributed by atoms with E-state index in [0.29, 0.717) is 23.9 Å². The van der Waals surface area contributed by atoms with Crippen LogP contribution in [0.1, 0.15) is 40.0 Å². The third-order valence-electron chi connectivity index (χ3n) is 5.68. The molecule has 8 nitrogen and oxygen atoms in total. The number of anilines is 3. The fourth-order valence-electron chi connectivity index (χ4n) is 3.60. The SMILES string of the molecule is C[C@H](NC(=O)c1cc(C#N)cnc1NCc1ccc(-c2cnc(N)c(N)c2)cc1)c1ccc(F)cc1. The lowest BCUT2D eigenvalue weighted by Gasteiger charge is -2.16. The summed E-state index contributed by atoms with van der Waals surface area (Å²) in [4.78, 5) is 21.4. The monoisotopic (exact) mass is 481 g/mol. The van der Waals surface area contributed by atoms with Crippen LogP contribution in [0.15, 0.2) is 73.1 Å². The van der Waals surface area contributed by atoms with E-state index in [0.717, 1.165) is 22.3 Å². The minimum Gasteiger partial charge on any atom is -0.396 e. The van der Waals surface area contributed by atoms with E-state index in [1.165, 1.54) is 24.4 Å². The second-order valence-corrected chi connectivity index (χ2v) is 8.23. The van der Waals surface area contributed by atoms with Gasteiger partial charge < -0.3 is 22.1 Å². The number of benzene rings is 2. The maximum absolute atomic E-state index is 13.2. The van der Waals surface area contributed by atoms with Gasteiger partial charge in [0.1, 0.15) is 23.5 Å². The van der Waals surface area contributed by atoms with Crippen molar-refractivity contribution in [3.05, 3.63) is 101 Å². The van der Waals surface area contributed by atoms with E-state index in [1.807, 2.05) is 30.3 Å². The van der Waals surface area contributed by atoms with Crippen LogP contribution in [-0.4, -0.2) is 15.9 Å². The number of hydrogen-bond acceptors (Lipinski definition) is 7. The van der Waals surface area contributed by atoms with Crippen molar-refractivity contribution < 1.29 is 9.18 Å². The summed E-state index contributed by atoms with van der Waals surface area (Å²) in [7, 11) is 0. The minimum atomic E-state index is -0.400. The number of nitriles is 1. The Morgan fingerprint density at radius 3 is 2.42 bits per heavy atom. The molecular weight excluding hydrogens is 457 g/mol. The molecule has 1 atom stereocenters. The number of nitrogens with one attached hydrogen (secondary N) is 2. The topological polar surface area (TPSA) is 143 Å². The summed E-state index contributed by atoms with van der Waals surface area (Å²) in [5.74, 6) is -0.113. The Morgan fingerprint density at radius 1 is 1.03 bits per heavy atom. The number of nitrogens with zero attached hydrogens (tertiary/aromatic N) is 3. The molecule has 9 heteroatoms. The summed E-state index contributed by atoms with van der Waals surface area (Å²) < 4.78 is 13.2. The number of nitrogen functional groups attached to an aromatic ring is 2. The second kappa shape index (κ2) is 10.5. The van der Waals surface area contributed by atoms with Gasteiger partial charge in [-0.05, 0) is 47.9 Å². The smallest absolute Gasteiger partial charge is 0.255 e. The Kier molecular flexibility index (Phi) is 7.07. The average molecular weight is 482 g/mol. The molecule has 2 aromatic carbocycles. The van der Waals surface area contributed by atoms with Crippen molar-refractivity contribution in [3.8, 4) is 17.2 Å². The van der Waals surface area contributed by atoms with E-state index in [-0.39, 0.29) is 23.0 Å². The van der Waals surface area contributed by atoms with Gasteiger partial charge in [-0.1, -0.05) is 36.4 Å². The first kappa shape index (κ1) is 24.2. The number of rotatable bonds is 7. The van der Waals surface area contributed by atoms with Gasteiger partial charge in [-0.2, -0.15) is 5.26 Å². The van der Waals surface area contributed by atoms with Gasteiger partial charge in [0.05, 0.1) is 22.9 Å². The van der Waals surface area contributed by atoms with Gasteiger partial charge in [0.15, 0.2) is 0 Å². The molecule has 6 N–H and O–H groups in total. The van der Waals surface area contributed by atoms with Crippen molar-refractivity contribution in [1.29, 1.82) is 5.26 Å². The highest BCUT2D eigenvalue weighted by molar-refractivity contribution is 5.99. The van der Waals surface area contributed by atoms with Crippen LogP contribution in [0.5, 0.6) is 0 Å². The molecule has 4 aromatic rings. The van der Waals surface area contributed by atoms with Crippen LogP contribution in [-0.2, 0) is 6.54 Å². The summed E-state index contributed by atoms with van der Waals surface area (Å²) in [5.41, 5.74) is 16.0. The first-order chi connectivity index (χ1) is 17.3. The van der Waals surface area contributed by atoms with Gasteiger partial charge >= 0.3 is 0 Å². The van der Waals surface area contributed by atoms with Crippen molar-refractivity contribution in [2.75, 3.05) is 16.8 Å². The molecule has 180 valence electrons. The van der Waals surface area contributed by atoms with Gasteiger partial charge in [0, 0.05) is 24.5 Å². The third-order valence-corrected chi connectivity index (χ3v) is 5.68. The van der Waals surface area contributed by atoms with E-state index in [1.54, 1.807) is 31.3 Å². The van der Waals surface area contributed by atoms with Gasteiger partial charge in [-0.25, -0.2) is 14.4 Å². The summed E-state index contributed by atoms with van der Waals surface area (Å²) in [5, 5.41) is 15.3. The molecular formula is C27H24FN7O. The molecule has 0 bridgehead atoms. The zero-order valence-corrected chi connectivity index (χ0v) is 19.5. The molecule has 0 radical (unpaired) electrons. The zero-order valence-electron chi connectivity index (χ0n) is 19.5. The van der Waals surface area contributed by atoms with Crippen LogP contribution in [0, 0.1) is 17.1 Å². The van der Waals surface area contributed by atoms with Crippen LogP contribution in [0.2, 0.25) is 0 Å². The number of hydrogen-bond donors (Lipinski definition) is 4. The third kappa shape index (κ3) is 5.56. The van der Waals surface area contributed by atoms with E-state index in [2.05, 4.69) is 20.6 Å². The molecule has 36 heavy (non-hydrogen) atoms. The van der Waals surface area contributed by atoms with E-state index in [4.69, 9.17) is 11.5 Å². The summed E-state index contributed by atoms with van der Waals surface area (Å²) in [6.45, 7) is 2.20. The van der Waals surface area contributed by atoms with E-state index in [9.17, 15) is 14.4 Å². The van der Waals surface area contributed by atoms with Crippen LogP contribution in [0.4, 0.5) is 21.7 Å².